The summed E-state index contributed by atoms with van der Waals surface area (Å²) in [5, 5.41) is 3.03. The summed E-state index contributed by atoms with van der Waals surface area (Å²) in [6.45, 7) is 2.04. The molecule has 0 heterocycles. The molecule has 1 amide bonds. The first-order valence-corrected chi connectivity index (χ1v) is 5.78. The van der Waals surface area contributed by atoms with Crippen LogP contribution in [-0.4, -0.2) is 17.7 Å². The lowest BCUT2D eigenvalue weighted by atomic mass is 10.1. The van der Waals surface area contributed by atoms with E-state index in [1.54, 1.807) is 0 Å². The molecule has 76 valence electrons. The van der Waals surface area contributed by atoms with Crippen LogP contribution in [0.5, 0.6) is 0 Å². The normalized spacial score (nSPS) is 20.2. The molecule has 0 aromatic heterocycles. The van der Waals surface area contributed by atoms with Crippen molar-refractivity contribution in [2.24, 2.45) is 5.92 Å². The molecule has 1 aliphatic carbocycles. The predicted molar refractivity (Wildman–Crippen MR) is 58.0 cm³/mol. The van der Waals surface area contributed by atoms with E-state index < -0.39 is 0 Å². The molecule has 0 spiro atoms. The third-order valence-electron chi connectivity index (χ3n) is 2.68. The van der Waals surface area contributed by atoms with E-state index in [4.69, 9.17) is 0 Å². The number of hydrogen-bond acceptors (Lipinski definition) is 2. The van der Waals surface area contributed by atoms with Gasteiger partial charge in [-0.25, -0.2) is 0 Å². The summed E-state index contributed by atoms with van der Waals surface area (Å²) in [4.78, 5) is 11.6. The van der Waals surface area contributed by atoms with Crippen LogP contribution in [-0.2, 0) is 4.79 Å². The second-order valence-electron chi connectivity index (χ2n) is 3.90. The Morgan fingerprint density at radius 3 is 2.69 bits per heavy atom. The van der Waals surface area contributed by atoms with E-state index in [1.807, 2.05) is 6.92 Å². The Balaban J connectivity index is 2.23. The molecule has 0 aromatic rings. The van der Waals surface area contributed by atoms with Crippen molar-refractivity contribution in [2.45, 2.75) is 45.1 Å². The first kappa shape index (κ1) is 10.9. The van der Waals surface area contributed by atoms with Gasteiger partial charge in [0.15, 0.2) is 0 Å². The van der Waals surface area contributed by atoms with Crippen molar-refractivity contribution < 1.29 is 4.79 Å². The van der Waals surface area contributed by atoms with Crippen LogP contribution in [0.25, 0.3) is 0 Å². The number of hydrogen-bond donors (Lipinski definition) is 2. The minimum atomic E-state index is 0.256. The van der Waals surface area contributed by atoms with Gasteiger partial charge in [-0.2, -0.15) is 12.6 Å². The SMILES string of the molecule is CC(CCS)NC(=O)C1CCCC1. The summed E-state index contributed by atoms with van der Waals surface area (Å²) in [6, 6.07) is 0.283. The predicted octanol–water partition coefficient (Wildman–Crippen LogP) is 2.00. The smallest absolute Gasteiger partial charge is 0.223 e. The fourth-order valence-electron chi connectivity index (χ4n) is 1.81. The topological polar surface area (TPSA) is 29.1 Å². The molecule has 1 fully saturated rings. The van der Waals surface area contributed by atoms with E-state index in [0.717, 1.165) is 25.0 Å². The number of amides is 1. The average Bonchev–Trinajstić information content (AvgIpc) is 2.55. The summed E-state index contributed by atoms with van der Waals surface area (Å²) in [6.07, 6.45) is 5.57. The summed E-state index contributed by atoms with van der Waals surface area (Å²) in [5.41, 5.74) is 0. The molecule has 0 radical (unpaired) electrons. The maximum absolute atomic E-state index is 11.6. The standard InChI is InChI=1S/C10H19NOS/c1-8(6-7-13)11-10(12)9-4-2-3-5-9/h8-9,13H,2-7H2,1H3,(H,11,12). The molecule has 0 saturated heterocycles. The lowest BCUT2D eigenvalue weighted by Gasteiger charge is -2.15. The zero-order valence-corrected chi connectivity index (χ0v) is 9.15. The molecule has 1 aliphatic rings. The van der Waals surface area contributed by atoms with Gasteiger partial charge >= 0.3 is 0 Å². The first-order valence-electron chi connectivity index (χ1n) is 5.15. The van der Waals surface area contributed by atoms with Gasteiger partial charge in [-0.1, -0.05) is 12.8 Å². The van der Waals surface area contributed by atoms with Crippen LogP contribution < -0.4 is 5.32 Å². The lowest BCUT2D eigenvalue weighted by Crippen LogP contribution is -2.36. The molecule has 0 bridgehead atoms. The zero-order valence-electron chi connectivity index (χ0n) is 8.25. The number of carbonyl (C=O) groups is 1. The van der Waals surface area contributed by atoms with Crippen LogP contribution >= 0.6 is 12.6 Å². The molecule has 3 heteroatoms. The lowest BCUT2D eigenvalue weighted by molar-refractivity contribution is -0.125. The second-order valence-corrected chi connectivity index (χ2v) is 4.35. The molecule has 1 unspecified atom stereocenters. The minimum absolute atomic E-state index is 0.256. The Kier molecular flexibility index (Phi) is 4.64. The molecule has 13 heavy (non-hydrogen) atoms. The third kappa shape index (κ3) is 3.59. The van der Waals surface area contributed by atoms with Crippen LogP contribution in [0.2, 0.25) is 0 Å². The van der Waals surface area contributed by atoms with Crippen molar-refractivity contribution in [1.82, 2.24) is 5.32 Å². The second kappa shape index (κ2) is 5.53. The molecule has 1 rings (SSSR count). The number of nitrogens with one attached hydrogen (secondary N) is 1. The Labute approximate surface area is 85.9 Å². The van der Waals surface area contributed by atoms with E-state index in [1.165, 1.54) is 12.8 Å². The van der Waals surface area contributed by atoms with Crippen molar-refractivity contribution in [1.29, 1.82) is 0 Å². The van der Waals surface area contributed by atoms with Gasteiger partial charge in [0, 0.05) is 12.0 Å². The maximum atomic E-state index is 11.6. The van der Waals surface area contributed by atoms with Crippen molar-refractivity contribution in [3.63, 3.8) is 0 Å². The van der Waals surface area contributed by atoms with Crippen molar-refractivity contribution >= 4 is 18.5 Å². The van der Waals surface area contributed by atoms with Gasteiger partial charge in [-0.3, -0.25) is 4.79 Å². The van der Waals surface area contributed by atoms with Gasteiger partial charge in [0.25, 0.3) is 0 Å². The molecule has 1 atom stereocenters. The van der Waals surface area contributed by atoms with Gasteiger partial charge in [-0.05, 0) is 31.9 Å². The van der Waals surface area contributed by atoms with Gasteiger partial charge < -0.3 is 5.32 Å². The Hall–Kier alpha value is -0.180. The minimum Gasteiger partial charge on any atom is -0.353 e. The van der Waals surface area contributed by atoms with Crippen LogP contribution in [0.1, 0.15) is 39.0 Å². The van der Waals surface area contributed by atoms with E-state index >= 15 is 0 Å². The fraction of sp³-hybridized carbons (Fsp3) is 0.900. The van der Waals surface area contributed by atoms with E-state index in [0.29, 0.717) is 5.92 Å². The summed E-state index contributed by atoms with van der Waals surface area (Å²) in [7, 11) is 0. The zero-order chi connectivity index (χ0) is 9.68. The fourth-order valence-corrected chi connectivity index (χ4v) is 2.20. The Morgan fingerprint density at radius 1 is 1.54 bits per heavy atom. The molecular weight excluding hydrogens is 182 g/mol. The highest BCUT2D eigenvalue weighted by atomic mass is 32.1. The molecule has 2 nitrogen and oxygen atoms in total. The Morgan fingerprint density at radius 2 is 2.15 bits per heavy atom. The van der Waals surface area contributed by atoms with E-state index in [9.17, 15) is 4.79 Å². The Bertz CT molecular complexity index is 166. The highest BCUT2D eigenvalue weighted by Gasteiger charge is 2.23. The monoisotopic (exact) mass is 201 g/mol. The third-order valence-corrected chi connectivity index (χ3v) is 2.93. The molecule has 0 aromatic carbocycles. The number of thiol groups is 1. The molecule has 1 saturated carbocycles. The van der Waals surface area contributed by atoms with Crippen LogP contribution in [0.15, 0.2) is 0 Å². The summed E-state index contributed by atoms with van der Waals surface area (Å²) in [5.74, 6) is 1.39. The maximum Gasteiger partial charge on any atom is 0.223 e. The van der Waals surface area contributed by atoms with Gasteiger partial charge in [0.2, 0.25) is 5.91 Å². The molecular formula is C10H19NOS. The molecule has 1 N–H and O–H groups in total. The summed E-state index contributed by atoms with van der Waals surface area (Å²) >= 11 is 4.14. The highest BCUT2D eigenvalue weighted by molar-refractivity contribution is 7.80. The highest BCUT2D eigenvalue weighted by Crippen LogP contribution is 2.24. The van der Waals surface area contributed by atoms with Crippen molar-refractivity contribution in [3.05, 3.63) is 0 Å². The van der Waals surface area contributed by atoms with Gasteiger partial charge in [0.1, 0.15) is 0 Å². The van der Waals surface area contributed by atoms with Crippen LogP contribution in [0.3, 0.4) is 0 Å². The van der Waals surface area contributed by atoms with Crippen LogP contribution in [0.4, 0.5) is 0 Å². The average molecular weight is 201 g/mol. The van der Waals surface area contributed by atoms with E-state index in [2.05, 4.69) is 17.9 Å². The number of carbonyl (C=O) groups excluding carboxylic acids is 1. The first-order chi connectivity index (χ1) is 6.24. The quantitative estimate of drug-likeness (QED) is 0.669. The van der Waals surface area contributed by atoms with Crippen molar-refractivity contribution in [2.75, 3.05) is 5.75 Å². The van der Waals surface area contributed by atoms with Crippen LogP contribution in [0, 0.1) is 5.92 Å². The molecule has 0 aliphatic heterocycles. The van der Waals surface area contributed by atoms with E-state index in [-0.39, 0.29) is 11.9 Å². The van der Waals surface area contributed by atoms with Crippen molar-refractivity contribution in [3.8, 4) is 0 Å². The van der Waals surface area contributed by atoms with Gasteiger partial charge in [0.05, 0.1) is 0 Å². The summed E-state index contributed by atoms with van der Waals surface area (Å²) < 4.78 is 0. The largest absolute Gasteiger partial charge is 0.353 e. The van der Waals surface area contributed by atoms with Gasteiger partial charge in [-0.15, -0.1) is 0 Å². The number of rotatable bonds is 4.